The second kappa shape index (κ2) is 4.96. The van der Waals surface area contributed by atoms with Crippen LogP contribution in [0.2, 0.25) is 5.02 Å². The normalized spacial score (nSPS) is 11.9. The van der Waals surface area contributed by atoms with Gasteiger partial charge in [0.15, 0.2) is 0 Å². The van der Waals surface area contributed by atoms with Crippen LogP contribution in [-0.2, 0) is 9.53 Å². The van der Waals surface area contributed by atoms with E-state index in [0.29, 0.717) is 10.6 Å². The number of aliphatic hydroxyl groups is 1. The summed E-state index contributed by atoms with van der Waals surface area (Å²) in [5, 5.41) is 10.2. The molecule has 0 heterocycles. The summed E-state index contributed by atoms with van der Waals surface area (Å²) in [7, 11) is 1.23. The van der Waals surface area contributed by atoms with Gasteiger partial charge in [-0.2, -0.15) is 0 Å². The van der Waals surface area contributed by atoms with Crippen LogP contribution in [-0.4, -0.2) is 18.2 Å². The van der Waals surface area contributed by atoms with Gasteiger partial charge < -0.3 is 9.84 Å². The van der Waals surface area contributed by atoms with Crippen molar-refractivity contribution in [1.82, 2.24) is 0 Å². The Labute approximate surface area is 92.9 Å². The van der Waals surface area contributed by atoms with Gasteiger partial charge in [-0.1, -0.05) is 36.4 Å². The number of rotatable bonds is 3. The first kappa shape index (κ1) is 11.8. The van der Waals surface area contributed by atoms with Crippen molar-refractivity contribution in [2.45, 2.75) is 6.10 Å². The van der Waals surface area contributed by atoms with Crippen molar-refractivity contribution in [3.8, 4) is 0 Å². The molecule has 0 aliphatic rings. The second-order valence-electron chi connectivity index (χ2n) is 2.94. The Morgan fingerprint density at radius 1 is 1.53 bits per heavy atom. The van der Waals surface area contributed by atoms with Gasteiger partial charge in [0.25, 0.3) is 0 Å². The minimum Gasteiger partial charge on any atom is -0.466 e. The Kier molecular flexibility index (Phi) is 3.88. The van der Waals surface area contributed by atoms with Crippen LogP contribution in [0.15, 0.2) is 36.4 Å². The lowest BCUT2D eigenvalue weighted by Gasteiger charge is -2.13. The largest absolute Gasteiger partial charge is 0.466 e. The highest BCUT2D eigenvalue weighted by atomic mass is 35.5. The molecule has 0 saturated heterocycles. The van der Waals surface area contributed by atoms with Crippen molar-refractivity contribution in [2.24, 2.45) is 0 Å². The van der Waals surface area contributed by atoms with Crippen LogP contribution in [0.5, 0.6) is 0 Å². The molecular weight excluding hydrogens is 216 g/mol. The fourth-order valence-electron chi connectivity index (χ4n) is 1.13. The molecule has 3 nitrogen and oxygen atoms in total. The third kappa shape index (κ3) is 2.58. The molecule has 0 aliphatic carbocycles. The standard InChI is InChI=1S/C11H11ClO3/c1-7(11(14)15-2)10(13)8-5-3-4-6-9(8)12/h3-6,10,13H,1H2,2H3. The van der Waals surface area contributed by atoms with Crippen LogP contribution in [0.1, 0.15) is 11.7 Å². The van der Waals surface area contributed by atoms with Crippen molar-refractivity contribution in [2.75, 3.05) is 7.11 Å². The molecule has 0 bridgehead atoms. The molecule has 0 saturated carbocycles. The van der Waals surface area contributed by atoms with Crippen molar-refractivity contribution in [3.05, 3.63) is 47.0 Å². The van der Waals surface area contributed by atoms with Gasteiger partial charge in [0.05, 0.1) is 12.7 Å². The lowest BCUT2D eigenvalue weighted by atomic mass is 10.0. The summed E-state index contributed by atoms with van der Waals surface area (Å²) in [5.74, 6) is -0.651. The lowest BCUT2D eigenvalue weighted by Crippen LogP contribution is -2.12. The molecule has 1 atom stereocenters. The van der Waals surface area contributed by atoms with Crippen LogP contribution in [0, 0.1) is 0 Å². The zero-order valence-corrected chi connectivity index (χ0v) is 8.99. The van der Waals surface area contributed by atoms with E-state index in [1.165, 1.54) is 7.11 Å². The van der Waals surface area contributed by atoms with E-state index in [1.54, 1.807) is 24.3 Å². The van der Waals surface area contributed by atoms with Gasteiger partial charge in [0.1, 0.15) is 6.10 Å². The number of benzene rings is 1. The summed E-state index contributed by atoms with van der Waals surface area (Å²) in [5.41, 5.74) is 0.403. The number of hydrogen-bond donors (Lipinski definition) is 1. The van der Waals surface area contributed by atoms with Crippen molar-refractivity contribution in [1.29, 1.82) is 0 Å². The van der Waals surface area contributed by atoms with E-state index in [1.807, 2.05) is 0 Å². The first-order valence-corrected chi connectivity index (χ1v) is 4.65. The molecule has 0 amide bonds. The SMILES string of the molecule is C=C(C(=O)OC)C(O)c1ccccc1Cl. The Bertz CT molecular complexity index is 387. The molecule has 0 aliphatic heterocycles. The predicted molar refractivity (Wildman–Crippen MR) is 57.6 cm³/mol. The number of methoxy groups -OCH3 is 1. The van der Waals surface area contributed by atoms with Gasteiger partial charge >= 0.3 is 5.97 Å². The smallest absolute Gasteiger partial charge is 0.336 e. The highest BCUT2D eigenvalue weighted by molar-refractivity contribution is 6.31. The third-order valence-corrected chi connectivity index (χ3v) is 2.32. The molecule has 0 aromatic heterocycles. The number of aliphatic hydroxyl groups excluding tert-OH is 1. The quantitative estimate of drug-likeness (QED) is 0.634. The first-order valence-electron chi connectivity index (χ1n) is 4.27. The van der Waals surface area contributed by atoms with Crippen molar-refractivity contribution < 1.29 is 14.6 Å². The van der Waals surface area contributed by atoms with Gasteiger partial charge in [0.2, 0.25) is 0 Å². The molecule has 1 aromatic rings. The van der Waals surface area contributed by atoms with Gasteiger partial charge in [0, 0.05) is 10.6 Å². The maximum Gasteiger partial charge on any atom is 0.336 e. The molecule has 80 valence electrons. The van der Waals surface area contributed by atoms with Crippen LogP contribution >= 0.6 is 11.6 Å². The molecule has 1 unspecified atom stereocenters. The van der Waals surface area contributed by atoms with E-state index in [0.717, 1.165) is 0 Å². The van der Waals surface area contributed by atoms with Crippen molar-refractivity contribution >= 4 is 17.6 Å². The summed E-state index contributed by atoms with van der Waals surface area (Å²) < 4.78 is 4.45. The molecule has 15 heavy (non-hydrogen) atoms. The minimum absolute atomic E-state index is 0.0365. The molecule has 4 heteroatoms. The fourth-order valence-corrected chi connectivity index (χ4v) is 1.37. The Balaban J connectivity index is 2.95. The van der Waals surface area contributed by atoms with E-state index in [9.17, 15) is 9.90 Å². The summed E-state index contributed by atoms with van der Waals surface area (Å²) >= 11 is 5.86. The predicted octanol–water partition coefficient (Wildman–Crippen LogP) is 2.10. The van der Waals surface area contributed by atoms with E-state index in [2.05, 4.69) is 11.3 Å². The van der Waals surface area contributed by atoms with E-state index >= 15 is 0 Å². The number of halogens is 1. The molecule has 0 fully saturated rings. The molecular formula is C11H11ClO3. The van der Waals surface area contributed by atoms with Crippen LogP contribution in [0.3, 0.4) is 0 Å². The second-order valence-corrected chi connectivity index (χ2v) is 3.35. The molecule has 0 radical (unpaired) electrons. The summed E-state index contributed by atoms with van der Waals surface area (Å²) in [6.07, 6.45) is -1.13. The highest BCUT2D eigenvalue weighted by Crippen LogP contribution is 2.27. The third-order valence-electron chi connectivity index (χ3n) is 1.98. The number of hydrogen-bond acceptors (Lipinski definition) is 3. The Morgan fingerprint density at radius 3 is 2.67 bits per heavy atom. The monoisotopic (exact) mass is 226 g/mol. The number of carbonyl (C=O) groups excluding carboxylic acids is 1. The number of ether oxygens (including phenoxy) is 1. The van der Waals surface area contributed by atoms with Crippen molar-refractivity contribution in [3.63, 3.8) is 0 Å². The Morgan fingerprint density at radius 2 is 2.13 bits per heavy atom. The maximum atomic E-state index is 11.1. The fraction of sp³-hybridized carbons (Fsp3) is 0.182. The summed E-state index contributed by atoms with van der Waals surface area (Å²) in [6.45, 7) is 3.46. The zero-order valence-electron chi connectivity index (χ0n) is 8.24. The number of esters is 1. The van der Waals surface area contributed by atoms with Gasteiger partial charge in [-0.05, 0) is 6.07 Å². The van der Waals surface area contributed by atoms with Crippen LogP contribution in [0.25, 0.3) is 0 Å². The Hall–Kier alpha value is -1.32. The molecule has 1 rings (SSSR count). The summed E-state index contributed by atoms with van der Waals surface area (Å²) in [4.78, 5) is 11.1. The zero-order chi connectivity index (χ0) is 11.4. The number of carbonyl (C=O) groups is 1. The molecule has 1 aromatic carbocycles. The highest BCUT2D eigenvalue weighted by Gasteiger charge is 2.20. The van der Waals surface area contributed by atoms with E-state index in [-0.39, 0.29) is 5.57 Å². The molecule has 0 spiro atoms. The average molecular weight is 227 g/mol. The molecule has 1 N–H and O–H groups in total. The van der Waals surface area contributed by atoms with Gasteiger partial charge in [-0.3, -0.25) is 0 Å². The minimum atomic E-state index is -1.13. The topological polar surface area (TPSA) is 46.5 Å². The van der Waals surface area contributed by atoms with Gasteiger partial charge in [-0.15, -0.1) is 0 Å². The lowest BCUT2D eigenvalue weighted by molar-refractivity contribution is -0.137. The van der Waals surface area contributed by atoms with Gasteiger partial charge in [-0.25, -0.2) is 4.79 Å². The van der Waals surface area contributed by atoms with Crippen LogP contribution < -0.4 is 0 Å². The van der Waals surface area contributed by atoms with Crippen LogP contribution in [0.4, 0.5) is 0 Å². The average Bonchev–Trinajstić information content (AvgIpc) is 2.26. The van der Waals surface area contributed by atoms with E-state index in [4.69, 9.17) is 11.6 Å². The maximum absolute atomic E-state index is 11.1. The van der Waals surface area contributed by atoms with E-state index < -0.39 is 12.1 Å². The summed E-state index contributed by atoms with van der Waals surface area (Å²) in [6, 6.07) is 6.71. The first-order chi connectivity index (χ1) is 7.07.